The minimum Gasteiger partial charge on any atom is -0.460 e. The Kier molecular flexibility index (Phi) is 6.73. The number of rotatable bonds is 5. The largest absolute Gasteiger partial charge is 0.460 e. The number of nitrogens with zero attached hydrogens (tertiary/aromatic N) is 3. The fourth-order valence-electron chi connectivity index (χ4n) is 8.24. The van der Waals surface area contributed by atoms with E-state index >= 15 is 0 Å². The number of aromatic nitrogens is 2. The van der Waals surface area contributed by atoms with Crippen molar-refractivity contribution in [3.05, 3.63) is 187 Å². The average molecular weight is 644 g/mol. The van der Waals surface area contributed by atoms with E-state index < -0.39 is 0 Å². The van der Waals surface area contributed by atoms with Crippen molar-refractivity contribution in [1.29, 1.82) is 0 Å². The summed E-state index contributed by atoms with van der Waals surface area (Å²) in [5.74, 6) is 1.99. The van der Waals surface area contributed by atoms with E-state index in [0.29, 0.717) is 0 Å². The van der Waals surface area contributed by atoms with Gasteiger partial charge < -0.3 is 9.32 Å². The van der Waals surface area contributed by atoms with Crippen molar-refractivity contribution in [1.82, 2.24) is 9.97 Å². The lowest BCUT2D eigenvalue weighted by atomic mass is 9.75. The molecule has 0 bridgehead atoms. The van der Waals surface area contributed by atoms with E-state index in [1.54, 1.807) is 0 Å². The smallest absolute Gasteiger partial charge is 0.227 e. The summed E-state index contributed by atoms with van der Waals surface area (Å²) >= 11 is 0. The van der Waals surface area contributed by atoms with Crippen LogP contribution < -0.4 is 4.90 Å². The van der Waals surface area contributed by atoms with Crippen molar-refractivity contribution in [3.63, 3.8) is 0 Å². The van der Waals surface area contributed by atoms with Gasteiger partial charge in [-0.2, -0.15) is 0 Å². The van der Waals surface area contributed by atoms with Crippen LogP contribution >= 0.6 is 0 Å². The summed E-state index contributed by atoms with van der Waals surface area (Å²) in [6, 6.07) is 51.0. The van der Waals surface area contributed by atoms with Gasteiger partial charge in [-0.05, 0) is 40.5 Å². The van der Waals surface area contributed by atoms with Gasteiger partial charge in [0.15, 0.2) is 0 Å². The van der Waals surface area contributed by atoms with Gasteiger partial charge in [0, 0.05) is 28.0 Å². The predicted molar refractivity (Wildman–Crippen MR) is 203 cm³/mol. The maximum atomic E-state index is 6.81. The van der Waals surface area contributed by atoms with Crippen molar-refractivity contribution in [2.75, 3.05) is 4.90 Å². The normalized spacial score (nSPS) is 20.3. The Morgan fingerprint density at radius 3 is 1.78 bits per heavy atom. The lowest BCUT2D eigenvalue weighted by Crippen LogP contribution is -2.40. The van der Waals surface area contributed by atoms with Crippen LogP contribution in [0.1, 0.15) is 22.8 Å². The van der Waals surface area contributed by atoms with Crippen LogP contribution in [0.25, 0.3) is 56.3 Å². The standard InChI is InChI=1S/C46H33N3O/c1-4-14-30(15-5-1)31-24-26-32(27-25-31)37-28-38-35-20-11-13-23-42(35)50-45(38)43-36-21-10-12-22-41(36)49(44(37)43)46-47-39(33-16-6-2-7-17-33)29-40(48-46)34-18-8-3-9-19-34/h1-29,36,41,43-44H. The Hall–Kier alpha value is -6.26. The Morgan fingerprint density at radius 2 is 1.10 bits per heavy atom. The Bertz CT molecular complexity index is 2390. The SMILES string of the molecule is C1=CC2C3c4oc5ccccc5c4C=C(c4ccc(-c5ccccc5)cc4)C3N(c3nc(-c4ccccc4)cc(-c4ccccc4)n3)C2C=C1. The zero-order chi connectivity index (χ0) is 33.0. The van der Waals surface area contributed by atoms with E-state index in [-0.39, 0.29) is 23.9 Å². The number of hydrogen-bond donors (Lipinski definition) is 0. The van der Waals surface area contributed by atoms with Crippen LogP contribution in [0.2, 0.25) is 0 Å². The second-order valence-corrected chi connectivity index (χ2v) is 13.3. The third-order valence-electron chi connectivity index (χ3n) is 10.5. The van der Waals surface area contributed by atoms with Crippen molar-refractivity contribution >= 4 is 28.6 Å². The predicted octanol–water partition coefficient (Wildman–Crippen LogP) is 10.9. The molecule has 2 aromatic heterocycles. The van der Waals surface area contributed by atoms with Crippen LogP contribution in [0, 0.1) is 5.92 Å². The molecule has 0 amide bonds. The molecule has 4 nitrogen and oxygen atoms in total. The summed E-state index contributed by atoms with van der Waals surface area (Å²) in [6.07, 6.45) is 11.4. The van der Waals surface area contributed by atoms with E-state index in [4.69, 9.17) is 14.4 Å². The van der Waals surface area contributed by atoms with Crippen molar-refractivity contribution in [3.8, 4) is 33.6 Å². The quantitative estimate of drug-likeness (QED) is 0.187. The van der Waals surface area contributed by atoms with Crippen LogP contribution in [0.3, 0.4) is 0 Å². The van der Waals surface area contributed by atoms with Gasteiger partial charge in [0.1, 0.15) is 11.3 Å². The van der Waals surface area contributed by atoms with E-state index in [1.807, 2.05) is 12.1 Å². The average Bonchev–Trinajstić information content (AvgIpc) is 3.75. The third-order valence-corrected chi connectivity index (χ3v) is 10.5. The minimum atomic E-state index is -0.0670. The molecule has 0 spiro atoms. The summed E-state index contributed by atoms with van der Waals surface area (Å²) < 4.78 is 6.81. The van der Waals surface area contributed by atoms with Gasteiger partial charge in [-0.15, -0.1) is 0 Å². The number of para-hydroxylation sites is 1. The lowest BCUT2D eigenvalue weighted by Gasteiger charge is -2.35. The molecule has 0 radical (unpaired) electrons. The summed E-state index contributed by atoms with van der Waals surface area (Å²) in [4.78, 5) is 13.2. The molecule has 3 heterocycles. The third kappa shape index (κ3) is 4.67. The molecule has 4 atom stereocenters. The molecule has 5 aromatic carbocycles. The molecule has 1 aliphatic heterocycles. The van der Waals surface area contributed by atoms with Crippen molar-refractivity contribution < 1.29 is 4.42 Å². The first-order chi connectivity index (χ1) is 24.8. The highest BCUT2D eigenvalue weighted by Crippen LogP contribution is 2.56. The summed E-state index contributed by atoms with van der Waals surface area (Å²) in [5, 5.41) is 1.15. The Balaban J connectivity index is 1.20. The van der Waals surface area contributed by atoms with Gasteiger partial charge in [0.2, 0.25) is 5.95 Å². The Labute approximate surface area is 291 Å². The van der Waals surface area contributed by atoms with Crippen LogP contribution in [0.4, 0.5) is 5.95 Å². The first kappa shape index (κ1) is 28.7. The van der Waals surface area contributed by atoms with E-state index in [9.17, 15) is 0 Å². The van der Waals surface area contributed by atoms with Crippen molar-refractivity contribution in [2.45, 2.75) is 18.0 Å². The highest BCUT2D eigenvalue weighted by Gasteiger charge is 2.54. The molecule has 1 saturated heterocycles. The van der Waals surface area contributed by atoms with Crippen LogP contribution in [-0.2, 0) is 0 Å². The van der Waals surface area contributed by atoms with Gasteiger partial charge in [-0.25, -0.2) is 9.97 Å². The molecule has 50 heavy (non-hydrogen) atoms. The monoisotopic (exact) mass is 643 g/mol. The molecule has 238 valence electrons. The van der Waals surface area contributed by atoms with E-state index in [0.717, 1.165) is 45.2 Å². The fraction of sp³-hybridized carbons (Fsp3) is 0.0870. The molecule has 0 N–H and O–H groups in total. The first-order valence-corrected chi connectivity index (χ1v) is 17.3. The summed E-state index contributed by atoms with van der Waals surface area (Å²) in [7, 11) is 0. The van der Waals surface area contributed by atoms with E-state index in [2.05, 4.69) is 169 Å². The summed E-state index contributed by atoms with van der Waals surface area (Å²) in [5.41, 5.74) is 10.9. The number of allylic oxidation sites excluding steroid dienone is 2. The minimum absolute atomic E-state index is 0.0378. The number of furan rings is 1. The van der Waals surface area contributed by atoms with Gasteiger partial charge in [0.25, 0.3) is 0 Å². The second-order valence-electron chi connectivity index (χ2n) is 13.3. The molecular weight excluding hydrogens is 611 g/mol. The molecule has 4 unspecified atom stereocenters. The molecule has 7 aromatic rings. The van der Waals surface area contributed by atoms with Crippen LogP contribution in [-0.4, -0.2) is 22.1 Å². The molecule has 3 aliphatic rings. The maximum absolute atomic E-state index is 6.81. The number of fused-ring (bicyclic) bond motifs is 7. The number of hydrogen-bond acceptors (Lipinski definition) is 4. The second kappa shape index (κ2) is 11.7. The fourth-order valence-corrected chi connectivity index (χ4v) is 8.24. The van der Waals surface area contributed by atoms with Gasteiger partial charge in [-0.1, -0.05) is 158 Å². The molecule has 0 saturated carbocycles. The van der Waals surface area contributed by atoms with Crippen molar-refractivity contribution in [2.24, 2.45) is 5.92 Å². The highest BCUT2D eigenvalue weighted by atomic mass is 16.3. The molecule has 1 fully saturated rings. The van der Waals surface area contributed by atoms with Gasteiger partial charge >= 0.3 is 0 Å². The van der Waals surface area contributed by atoms with Crippen LogP contribution in [0.5, 0.6) is 0 Å². The van der Waals surface area contributed by atoms with Gasteiger partial charge in [-0.3, -0.25) is 0 Å². The number of benzene rings is 5. The first-order valence-electron chi connectivity index (χ1n) is 17.3. The zero-order valence-electron chi connectivity index (χ0n) is 27.3. The lowest BCUT2D eigenvalue weighted by molar-refractivity contribution is 0.443. The molecule has 10 rings (SSSR count). The molecule has 4 heteroatoms. The Morgan fingerprint density at radius 1 is 0.540 bits per heavy atom. The van der Waals surface area contributed by atoms with E-state index in [1.165, 1.54) is 27.8 Å². The van der Waals surface area contributed by atoms with Gasteiger partial charge in [0.05, 0.1) is 29.4 Å². The molecular formula is C46H33N3O. The summed E-state index contributed by atoms with van der Waals surface area (Å²) in [6.45, 7) is 0. The highest BCUT2D eigenvalue weighted by molar-refractivity contribution is 5.99. The van der Waals surface area contributed by atoms with Crippen LogP contribution in [0.15, 0.2) is 174 Å². The maximum Gasteiger partial charge on any atom is 0.227 e. The topological polar surface area (TPSA) is 42.2 Å². The molecule has 2 aliphatic carbocycles. The zero-order valence-corrected chi connectivity index (χ0v) is 27.3. The number of anilines is 1.